The van der Waals surface area contributed by atoms with Crippen molar-refractivity contribution in [3.8, 4) is 11.1 Å². The summed E-state index contributed by atoms with van der Waals surface area (Å²) in [5.74, 6) is -2.01. The number of hydrogen-bond acceptors (Lipinski definition) is 3. The Morgan fingerprint density at radius 1 is 1.05 bits per heavy atom. The second-order valence-electron chi connectivity index (χ2n) is 5.24. The summed E-state index contributed by atoms with van der Waals surface area (Å²) in [5, 5.41) is 4.22. The van der Waals surface area contributed by atoms with Crippen molar-refractivity contribution in [2.45, 2.75) is 5.92 Å². The topological polar surface area (TPSA) is 33.4 Å². The van der Waals surface area contributed by atoms with Crippen LogP contribution in [0.15, 0.2) is 48.9 Å². The van der Waals surface area contributed by atoms with Crippen LogP contribution in [0.2, 0.25) is 0 Å². The molecular weight excluding hydrogens is 274 g/mol. The molecule has 21 heavy (non-hydrogen) atoms. The predicted octanol–water partition coefficient (Wildman–Crippen LogP) is 2.85. The second-order valence-corrected chi connectivity index (χ2v) is 5.24. The van der Waals surface area contributed by atoms with E-state index in [-0.39, 0.29) is 13.1 Å². The lowest BCUT2D eigenvalue weighted by molar-refractivity contribution is -0.0266. The lowest BCUT2D eigenvalue weighted by atomic mass is 10.1. The van der Waals surface area contributed by atoms with Crippen molar-refractivity contribution >= 4 is 11.3 Å². The highest BCUT2D eigenvalue weighted by Crippen LogP contribution is 2.32. The molecule has 0 bridgehead atoms. The molecule has 1 saturated heterocycles. The Hall–Kier alpha value is -2.50. The van der Waals surface area contributed by atoms with Crippen molar-refractivity contribution in [3.05, 3.63) is 48.9 Å². The number of hydrogen-bond donors (Lipinski definition) is 0. The molecule has 6 heteroatoms. The summed E-state index contributed by atoms with van der Waals surface area (Å²) in [6, 6.07) is 9.56. The fraction of sp³-hybridized carbons (Fsp3) is 0.200. The summed E-state index contributed by atoms with van der Waals surface area (Å²) >= 11 is 0. The Balaban J connectivity index is 1.69. The van der Waals surface area contributed by atoms with E-state index in [9.17, 15) is 8.78 Å². The van der Waals surface area contributed by atoms with Gasteiger partial charge in [-0.1, -0.05) is 0 Å². The first kappa shape index (κ1) is 12.3. The Morgan fingerprint density at radius 2 is 1.90 bits per heavy atom. The molecule has 1 aliphatic heterocycles. The van der Waals surface area contributed by atoms with Crippen LogP contribution in [-0.2, 0) is 0 Å². The molecule has 4 rings (SSSR count). The summed E-state index contributed by atoms with van der Waals surface area (Å²) in [4.78, 5) is 5.76. The molecule has 0 amide bonds. The fourth-order valence-electron chi connectivity index (χ4n) is 2.55. The standard InChI is InChI=1S/C15H12F2N4/c16-15(17)9-20(10-15)14-7-11(3-5-18-14)12-6-13-2-1-4-19-21(13)8-12/h1-8H,9-10H2. The third kappa shape index (κ3) is 2.12. The van der Waals surface area contributed by atoms with Crippen LogP contribution >= 0.6 is 0 Å². The number of rotatable bonds is 2. The van der Waals surface area contributed by atoms with E-state index in [0.717, 1.165) is 16.6 Å². The first-order chi connectivity index (χ1) is 10.1. The lowest BCUT2D eigenvalue weighted by Gasteiger charge is -2.39. The highest BCUT2D eigenvalue weighted by Gasteiger charge is 2.44. The van der Waals surface area contributed by atoms with E-state index in [1.807, 2.05) is 36.5 Å². The van der Waals surface area contributed by atoms with Crippen LogP contribution in [0.3, 0.4) is 0 Å². The number of halogens is 2. The van der Waals surface area contributed by atoms with Gasteiger partial charge in [0.1, 0.15) is 5.82 Å². The number of aromatic nitrogens is 3. The lowest BCUT2D eigenvalue weighted by Crippen LogP contribution is -2.56. The van der Waals surface area contributed by atoms with E-state index >= 15 is 0 Å². The summed E-state index contributed by atoms with van der Waals surface area (Å²) < 4.78 is 27.7. The average molecular weight is 286 g/mol. The number of fused-ring (bicyclic) bond motifs is 1. The Labute approximate surface area is 119 Å². The van der Waals surface area contributed by atoms with Crippen LogP contribution in [0.4, 0.5) is 14.6 Å². The molecule has 3 aromatic heterocycles. The van der Waals surface area contributed by atoms with E-state index < -0.39 is 5.92 Å². The molecule has 4 nitrogen and oxygen atoms in total. The zero-order valence-electron chi connectivity index (χ0n) is 11.1. The van der Waals surface area contributed by atoms with Gasteiger partial charge in [-0.3, -0.25) is 0 Å². The number of anilines is 1. The van der Waals surface area contributed by atoms with Gasteiger partial charge in [0.25, 0.3) is 5.92 Å². The maximum atomic E-state index is 13.0. The van der Waals surface area contributed by atoms with Gasteiger partial charge in [-0.25, -0.2) is 18.3 Å². The molecule has 106 valence electrons. The number of pyridine rings is 1. The minimum Gasteiger partial charge on any atom is -0.344 e. The third-order valence-electron chi connectivity index (χ3n) is 3.62. The number of alkyl halides is 2. The SMILES string of the molecule is FC1(F)CN(c2cc(-c3cc4cccnn4c3)ccn2)C1. The van der Waals surface area contributed by atoms with Crippen molar-refractivity contribution in [2.75, 3.05) is 18.0 Å². The van der Waals surface area contributed by atoms with Gasteiger partial charge in [-0.15, -0.1) is 0 Å². The predicted molar refractivity (Wildman–Crippen MR) is 75.6 cm³/mol. The molecule has 0 aromatic carbocycles. The van der Waals surface area contributed by atoms with Crippen molar-refractivity contribution < 1.29 is 8.78 Å². The molecule has 0 saturated carbocycles. The Bertz CT molecular complexity index is 771. The number of nitrogens with zero attached hydrogens (tertiary/aromatic N) is 4. The Kier molecular flexibility index (Phi) is 2.48. The van der Waals surface area contributed by atoms with E-state index in [2.05, 4.69) is 10.1 Å². The maximum absolute atomic E-state index is 13.0. The largest absolute Gasteiger partial charge is 0.344 e. The van der Waals surface area contributed by atoms with Gasteiger partial charge in [0, 0.05) is 24.2 Å². The van der Waals surface area contributed by atoms with E-state index in [1.54, 1.807) is 21.8 Å². The smallest absolute Gasteiger partial charge is 0.282 e. The van der Waals surface area contributed by atoms with Gasteiger partial charge in [0.15, 0.2) is 0 Å². The maximum Gasteiger partial charge on any atom is 0.282 e. The zero-order chi connectivity index (χ0) is 14.4. The van der Waals surface area contributed by atoms with Crippen LogP contribution in [0.5, 0.6) is 0 Å². The molecule has 4 heterocycles. The molecule has 3 aromatic rings. The van der Waals surface area contributed by atoms with Gasteiger partial charge in [-0.2, -0.15) is 5.10 Å². The highest BCUT2D eigenvalue weighted by molar-refractivity contribution is 5.71. The third-order valence-corrected chi connectivity index (χ3v) is 3.62. The monoisotopic (exact) mass is 286 g/mol. The summed E-state index contributed by atoms with van der Waals surface area (Å²) in [6.07, 6.45) is 5.28. The van der Waals surface area contributed by atoms with Gasteiger partial charge in [0.2, 0.25) is 0 Å². The zero-order valence-corrected chi connectivity index (χ0v) is 11.1. The Morgan fingerprint density at radius 3 is 2.67 bits per heavy atom. The molecule has 0 N–H and O–H groups in total. The molecule has 0 unspecified atom stereocenters. The molecule has 1 fully saturated rings. The first-order valence-electron chi connectivity index (χ1n) is 6.63. The normalized spacial score (nSPS) is 17.0. The highest BCUT2D eigenvalue weighted by atomic mass is 19.3. The molecular formula is C15H12F2N4. The van der Waals surface area contributed by atoms with Crippen LogP contribution in [0.1, 0.15) is 0 Å². The van der Waals surface area contributed by atoms with E-state index in [1.165, 1.54) is 0 Å². The first-order valence-corrected chi connectivity index (χ1v) is 6.63. The fourth-order valence-corrected chi connectivity index (χ4v) is 2.55. The molecule has 0 atom stereocenters. The van der Waals surface area contributed by atoms with Gasteiger partial charge in [0.05, 0.1) is 18.6 Å². The molecule has 1 aliphatic rings. The van der Waals surface area contributed by atoms with Crippen LogP contribution in [0.25, 0.3) is 16.6 Å². The average Bonchev–Trinajstić information content (AvgIpc) is 2.89. The van der Waals surface area contributed by atoms with Crippen molar-refractivity contribution in [3.63, 3.8) is 0 Å². The molecule has 0 aliphatic carbocycles. The van der Waals surface area contributed by atoms with Crippen LogP contribution in [0, 0.1) is 0 Å². The molecule has 0 radical (unpaired) electrons. The van der Waals surface area contributed by atoms with Crippen molar-refractivity contribution in [1.29, 1.82) is 0 Å². The molecule has 0 spiro atoms. The van der Waals surface area contributed by atoms with E-state index in [4.69, 9.17) is 0 Å². The van der Waals surface area contributed by atoms with Gasteiger partial charge in [-0.05, 0) is 35.9 Å². The van der Waals surface area contributed by atoms with E-state index in [0.29, 0.717) is 5.82 Å². The van der Waals surface area contributed by atoms with Gasteiger partial charge < -0.3 is 4.90 Å². The van der Waals surface area contributed by atoms with Gasteiger partial charge >= 0.3 is 0 Å². The minimum absolute atomic E-state index is 0.261. The summed E-state index contributed by atoms with van der Waals surface area (Å²) in [7, 11) is 0. The van der Waals surface area contributed by atoms with Crippen molar-refractivity contribution in [2.24, 2.45) is 0 Å². The summed E-state index contributed by atoms with van der Waals surface area (Å²) in [6.45, 7) is -0.522. The quantitative estimate of drug-likeness (QED) is 0.726. The van der Waals surface area contributed by atoms with Crippen LogP contribution < -0.4 is 4.90 Å². The summed E-state index contributed by atoms with van der Waals surface area (Å²) in [5.41, 5.74) is 2.92. The second kappa shape index (κ2) is 4.25. The van der Waals surface area contributed by atoms with Crippen molar-refractivity contribution in [1.82, 2.24) is 14.6 Å². The van der Waals surface area contributed by atoms with Crippen LogP contribution in [-0.4, -0.2) is 33.6 Å². The minimum atomic E-state index is -2.59.